The number of nitrogens with zero attached hydrogens (tertiary/aromatic N) is 2. The number of hydrogen-bond acceptors (Lipinski definition) is 6. The summed E-state index contributed by atoms with van der Waals surface area (Å²) >= 11 is 0. The van der Waals surface area contributed by atoms with Gasteiger partial charge in [0.05, 0.1) is 5.56 Å². The second kappa shape index (κ2) is 9.60. The third-order valence-corrected chi connectivity index (χ3v) is 4.00. The zero-order chi connectivity index (χ0) is 21.6. The van der Waals surface area contributed by atoms with Crippen molar-refractivity contribution in [2.24, 2.45) is 11.7 Å². The Labute approximate surface area is 168 Å². The molecule has 1 amide bonds. The Morgan fingerprint density at radius 1 is 1.28 bits per heavy atom. The molecule has 9 heteroatoms. The standard InChI is InChI=1S/C20H26F2N4O3/c1-12(2)9-20(3,23)11-28-18-15(17(21)22)7-14(10-26-18)13-5-6-25-16(8-13)29-19(27)24-4/h5-8,10,12,17H,9,11,23H2,1-4H3,(H,24,27)/t20-/m1/s1. The summed E-state index contributed by atoms with van der Waals surface area (Å²) in [6.07, 6.45) is 0.0359. The SMILES string of the molecule is CNC(=O)Oc1cc(-c2cnc(OC[C@](C)(N)CC(C)C)c(C(F)F)c2)ccn1. The molecule has 0 aliphatic carbocycles. The highest BCUT2D eigenvalue weighted by Crippen LogP contribution is 2.32. The van der Waals surface area contributed by atoms with Crippen LogP contribution in [0.4, 0.5) is 13.6 Å². The average Bonchev–Trinajstić information content (AvgIpc) is 2.65. The van der Waals surface area contributed by atoms with Gasteiger partial charge in [-0.05, 0) is 37.0 Å². The lowest BCUT2D eigenvalue weighted by atomic mass is 9.93. The van der Waals surface area contributed by atoms with Gasteiger partial charge in [-0.2, -0.15) is 0 Å². The molecule has 0 aromatic carbocycles. The molecule has 0 spiro atoms. The van der Waals surface area contributed by atoms with E-state index in [0.29, 0.717) is 23.5 Å². The monoisotopic (exact) mass is 408 g/mol. The number of nitrogens with two attached hydrogens (primary N) is 1. The van der Waals surface area contributed by atoms with Crippen molar-refractivity contribution in [3.8, 4) is 22.9 Å². The maximum atomic E-state index is 13.6. The topological polar surface area (TPSA) is 99.4 Å². The summed E-state index contributed by atoms with van der Waals surface area (Å²) in [4.78, 5) is 19.3. The minimum absolute atomic E-state index is 0.0355. The number of pyridine rings is 2. The number of carbonyl (C=O) groups excluding carboxylic acids is 1. The molecular weight excluding hydrogens is 382 g/mol. The van der Waals surface area contributed by atoms with Gasteiger partial charge in [0.25, 0.3) is 6.43 Å². The Bertz CT molecular complexity index is 844. The van der Waals surface area contributed by atoms with E-state index >= 15 is 0 Å². The van der Waals surface area contributed by atoms with E-state index < -0.39 is 18.1 Å². The lowest BCUT2D eigenvalue weighted by Gasteiger charge is -2.26. The quantitative estimate of drug-likeness (QED) is 0.686. The van der Waals surface area contributed by atoms with Crippen LogP contribution in [0.25, 0.3) is 11.1 Å². The van der Waals surface area contributed by atoms with Gasteiger partial charge < -0.3 is 20.5 Å². The minimum Gasteiger partial charge on any atom is -0.475 e. The Kier molecular flexibility index (Phi) is 7.44. The summed E-state index contributed by atoms with van der Waals surface area (Å²) in [6.45, 7) is 5.93. The summed E-state index contributed by atoms with van der Waals surface area (Å²) in [6, 6.07) is 4.35. The van der Waals surface area contributed by atoms with Crippen molar-refractivity contribution in [1.29, 1.82) is 0 Å². The van der Waals surface area contributed by atoms with Crippen LogP contribution < -0.4 is 20.5 Å². The molecule has 3 N–H and O–H groups in total. The summed E-state index contributed by atoms with van der Waals surface area (Å²) in [7, 11) is 1.41. The molecule has 2 aromatic heterocycles. The van der Waals surface area contributed by atoms with Crippen molar-refractivity contribution in [1.82, 2.24) is 15.3 Å². The van der Waals surface area contributed by atoms with Gasteiger partial charge in [0, 0.05) is 36.6 Å². The molecule has 7 nitrogen and oxygen atoms in total. The van der Waals surface area contributed by atoms with Gasteiger partial charge in [0.15, 0.2) is 0 Å². The number of nitrogens with one attached hydrogen (secondary N) is 1. The zero-order valence-corrected chi connectivity index (χ0v) is 16.9. The van der Waals surface area contributed by atoms with Crippen molar-refractivity contribution in [3.63, 3.8) is 0 Å². The summed E-state index contributed by atoms with van der Waals surface area (Å²) in [5.41, 5.74) is 6.11. The fourth-order valence-electron chi connectivity index (χ4n) is 2.92. The van der Waals surface area contributed by atoms with E-state index in [2.05, 4.69) is 15.3 Å². The molecule has 2 heterocycles. The highest BCUT2D eigenvalue weighted by atomic mass is 19.3. The van der Waals surface area contributed by atoms with Crippen LogP contribution in [0.2, 0.25) is 0 Å². The van der Waals surface area contributed by atoms with Gasteiger partial charge in [-0.25, -0.2) is 23.5 Å². The van der Waals surface area contributed by atoms with E-state index in [4.69, 9.17) is 15.2 Å². The summed E-state index contributed by atoms with van der Waals surface area (Å²) in [5, 5.41) is 2.30. The van der Waals surface area contributed by atoms with E-state index in [1.807, 2.05) is 20.8 Å². The highest BCUT2D eigenvalue weighted by Gasteiger charge is 2.24. The van der Waals surface area contributed by atoms with Gasteiger partial charge in [-0.3, -0.25) is 0 Å². The Morgan fingerprint density at radius 2 is 2.00 bits per heavy atom. The van der Waals surface area contributed by atoms with Crippen molar-refractivity contribution < 1.29 is 23.0 Å². The molecule has 0 radical (unpaired) electrons. The first-order valence-electron chi connectivity index (χ1n) is 9.17. The Hall–Kier alpha value is -2.81. The van der Waals surface area contributed by atoms with E-state index in [9.17, 15) is 13.6 Å². The zero-order valence-electron chi connectivity index (χ0n) is 16.9. The molecule has 0 aliphatic rings. The second-order valence-electron chi connectivity index (χ2n) is 7.48. The van der Waals surface area contributed by atoms with E-state index in [-0.39, 0.29) is 23.9 Å². The first kappa shape index (κ1) is 22.5. The number of hydrogen-bond donors (Lipinski definition) is 2. The second-order valence-corrected chi connectivity index (χ2v) is 7.48. The van der Waals surface area contributed by atoms with Gasteiger partial charge >= 0.3 is 6.09 Å². The number of rotatable bonds is 8. The fraction of sp³-hybridized carbons (Fsp3) is 0.450. The molecule has 2 aromatic rings. The lowest BCUT2D eigenvalue weighted by Crippen LogP contribution is -2.43. The van der Waals surface area contributed by atoms with Crippen molar-refractivity contribution in [3.05, 3.63) is 36.2 Å². The van der Waals surface area contributed by atoms with Crippen LogP contribution in [-0.4, -0.2) is 35.3 Å². The highest BCUT2D eigenvalue weighted by molar-refractivity contribution is 5.71. The van der Waals surface area contributed by atoms with Crippen LogP contribution in [0.3, 0.4) is 0 Å². The predicted molar refractivity (Wildman–Crippen MR) is 105 cm³/mol. The molecule has 0 unspecified atom stereocenters. The summed E-state index contributed by atoms with van der Waals surface area (Å²) in [5.74, 6) is 0.227. The van der Waals surface area contributed by atoms with Gasteiger partial charge in [0.1, 0.15) is 6.61 Å². The van der Waals surface area contributed by atoms with Crippen molar-refractivity contribution >= 4 is 6.09 Å². The third-order valence-electron chi connectivity index (χ3n) is 4.00. The van der Waals surface area contributed by atoms with Gasteiger partial charge in [-0.1, -0.05) is 13.8 Å². The first-order chi connectivity index (χ1) is 13.6. The smallest absolute Gasteiger partial charge is 0.413 e. The average molecular weight is 408 g/mol. The Balaban J connectivity index is 2.26. The van der Waals surface area contributed by atoms with Crippen LogP contribution in [0, 0.1) is 5.92 Å². The maximum absolute atomic E-state index is 13.6. The molecule has 158 valence electrons. The van der Waals surface area contributed by atoms with Crippen LogP contribution in [-0.2, 0) is 0 Å². The number of ether oxygens (including phenoxy) is 2. The fourth-order valence-corrected chi connectivity index (χ4v) is 2.92. The molecule has 0 saturated carbocycles. The van der Waals surface area contributed by atoms with Crippen LogP contribution in [0.15, 0.2) is 30.6 Å². The lowest BCUT2D eigenvalue weighted by molar-refractivity contribution is 0.137. The molecule has 0 aliphatic heterocycles. The van der Waals surface area contributed by atoms with Gasteiger partial charge in [0.2, 0.25) is 11.8 Å². The molecule has 2 rings (SSSR count). The first-order valence-corrected chi connectivity index (χ1v) is 9.17. The Morgan fingerprint density at radius 3 is 2.62 bits per heavy atom. The molecule has 0 fully saturated rings. The third kappa shape index (κ3) is 6.63. The van der Waals surface area contributed by atoms with Crippen molar-refractivity contribution in [2.45, 2.75) is 39.2 Å². The molecule has 29 heavy (non-hydrogen) atoms. The van der Waals surface area contributed by atoms with Crippen LogP contribution in [0.1, 0.15) is 39.2 Å². The number of alkyl halides is 2. The summed E-state index contributed by atoms with van der Waals surface area (Å²) < 4.78 is 37.7. The molecule has 0 saturated heterocycles. The molecule has 1 atom stereocenters. The molecular formula is C20H26F2N4O3. The maximum Gasteiger partial charge on any atom is 0.413 e. The van der Waals surface area contributed by atoms with Crippen molar-refractivity contribution in [2.75, 3.05) is 13.7 Å². The van der Waals surface area contributed by atoms with E-state index in [0.717, 1.165) is 0 Å². The van der Waals surface area contributed by atoms with Crippen LogP contribution >= 0.6 is 0 Å². The van der Waals surface area contributed by atoms with E-state index in [1.165, 1.54) is 31.6 Å². The number of carbonyl (C=O) groups is 1. The normalized spacial score (nSPS) is 13.3. The predicted octanol–water partition coefficient (Wildman–Crippen LogP) is 3.94. The number of amides is 1. The van der Waals surface area contributed by atoms with Gasteiger partial charge in [-0.15, -0.1) is 0 Å². The molecule has 0 bridgehead atoms. The minimum atomic E-state index is -2.78. The largest absolute Gasteiger partial charge is 0.475 e. The number of halogens is 2. The number of aromatic nitrogens is 2. The van der Waals surface area contributed by atoms with E-state index in [1.54, 1.807) is 6.07 Å². The van der Waals surface area contributed by atoms with Crippen LogP contribution in [0.5, 0.6) is 11.8 Å².